The largest absolute Gasteiger partial charge is 0.320 e. The Labute approximate surface area is 153 Å². The van der Waals surface area contributed by atoms with Crippen molar-refractivity contribution >= 4 is 17.2 Å². The number of carbonyl (C=O) groups is 1. The number of rotatable bonds is 3. The summed E-state index contributed by atoms with van der Waals surface area (Å²) in [5, 5.41) is 6.98. The Bertz CT molecular complexity index is 1150. The van der Waals surface area contributed by atoms with Gasteiger partial charge in [0, 0.05) is 23.5 Å². The van der Waals surface area contributed by atoms with Gasteiger partial charge in [0.25, 0.3) is 5.91 Å². The second kappa shape index (κ2) is 6.60. The lowest BCUT2D eigenvalue weighted by atomic mass is 10.1. The first kappa shape index (κ1) is 16.8. The maximum Gasteiger partial charge on any atom is 0.276 e. The van der Waals surface area contributed by atoms with E-state index in [1.165, 1.54) is 34.8 Å². The third-order valence-electron chi connectivity index (χ3n) is 4.18. The number of carbonyl (C=O) groups excluding carboxylic acids is 1. The van der Waals surface area contributed by atoms with Crippen molar-refractivity contribution in [2.24, 2.45) is 0 Å². The fourth-order valence-electron chi connectivity index (χ4n) is 2.76. The molecule has 4 rings (SSSR count). The summed E-state index contributed by atoms with van der Waals surface area (Å²) >= 11 is 0. The standard InChI is InChI=1S/C20H14F2N4O/c1-12-2-5-15(22)10-16(12)24-20(27)17-11-19-23-9-8-18(26(19)25-17)13-3-6-14(21)7-4-13/h2-11H,1H3,(H,24,27). The number of benzene rings is 2. The monoisotopic (exact) mass is 364 g/mol. The van der Waals surface area contributed by atoms with Gasteiger partial charge in [0.05, 0.1) is 5.69 Å². The first-order valence-electron chi connectivity index (χ1n) is 8.19. The van der Waals surface area contributed by atoms with Gasteiger partial charge >= 0.3 is 0 Å². The van der Waals surface area contributed by atoms with Gasteiger partial charge in [-0.2, -0.15) is 5.10 Å². The zero-order chi connectivity index (χ0) is 19.0. The summed E-state index contributed by atoms with van der Waals surface area (Å²) < 4.78 is 28.1. The molecule has 4 aromatic rings. The van der Waals surface area contributed by atoms with E-state index in [0.717, 1.165) is 11.1 Å². The fourth-order valence-corrected chi connectivity index (χ4v) is 2.76. The molecule has 134 valence electrons. The average Bonchev–Trinajstić information content (AvgIpc) is 3.10. The number of nitrogens with one attached hydrogen (secondary N) is 1. The van der Waals surface area contributed by atoms with E-state index < -0.39 is 11.7 Å². The lowest BCUT2D eigenvalue weighted by Crippen LogP contribution is -2.13. The van der Waals surface area contributed by atoms with Gasteiger partial charge in [0.1, 0.15) is 11.6 Å². The summed E-state index contributed by atoms with van der Waals surface area (Å²) in [7, 11) is 0. The normalized spacial score (nSPS) is 10.9. The Morgan fingerprint density at radius 2 is 1.74 bits per heavy atom. The maximum atomic E-state index is 13.4. The second-order valence-corrected chi connectivity index (χ2v) is 6.05. The van der Waals surface area contributed by atoms with Crippen LogP contribution in [0.25, 0.3) is 16.9 Å². The van der Waals surface area contributed by atoms with Crippen molar-refractivity contribution in [2.75, 3.05) is 5.32 Å². The highest BCUT2D eigenvalue weighted by molar-refractivity contribution is 6.04. The molecule has 0 aliphatic carbocycles. The molecule has 2 aromatic heterocycles. The zero-order valence-electron chi connectivity index (χ0n) is 14.3. The molecule has 5 nitrogen and oxygen atoms in total. The van der Waals surface area contributed by atoms with Crippen LogP contribution in [0.15, 0.2) is 60.8 Å². The number of aryl methyl sites for hydroxylation is 1. The minimum atomic E-state index is -0.473. The van der Waals surface area contributed by atoms with Crippen LogP contribution in [0.2, 0.25) is 0 Å². The number of anilines is 1. The van der Waals surface area contributed by atoms with Crippen molar-refractivity contribution in [3.63, 3.8) is 0 Å². The van der Waals surface area contributed by atoms with Gasteiger partial charge in [-0.3, -0.25) is 4.79 Å². The third-order valence-corrected chi connectivity index (χ3v) is 4.18. The Morgan fingerprint density at radius 1 is 1.00 bits per heavy atom. The van der Waals surface area contributed by atoms with E-state index in [2.05, 4.69) is 15.4 Å². The van der Waals surface area contributed by atoms with E-state index in [1.54, 1.807) is 37.4 Å². The Hall–Kier alpha value is -3.61. The molecule has 0 bridgehead atoms. The van der Waals surface area contributed by atoms with Crippen LogP contribution in [0, 0.1) is 18.6 Å². The van der Waals surface area contributed by atoms with Crippen molar-refractivity contribution in [1.29, 1.82) is 0 Å². The average molecular weight is 364 g/mol. The van der Waals surface area contributed by atoms with Crippen LogP contribution in [-0.2, 0) is 0 Å². The van der Waals surface area contributed by atoms with Gasteiger partial charge in [-0.05, 0) is 55.0 Å². The van der Waals surface area contributed by atoms with Gasteiger partial charge in [-0.1, -0.05) is 6.07 Å². The SMILES string of the molecule is Cc1ccc(F)cc1NC(=O)c1cc2nccc(-c3ccc(F)cc3)n2n1. The molecule has 0 atom stereocenters. The molecule has 0 saturated heterocycles. The lowest BCUT2D eigenvalue weighted by Gasteiger charge is -2.07. The summed E-state index contributed by atoms with van der Waals surface area (Å²) in [6.07, 6.45) is 1.59. The summed E-state index contributed by atoms with van der Waals surface area (Å²) in [4.78, 5) is 16.8. The molecule has 27 heavy (non-hydrogen) atoms. The highest BCUT2D eigenvalue weighted by atomic mass is 19.1. The molecule has 2 aromatic carbocycles. The number of aromatic nitrogens is 3. The van der Waals surface area contributed by atoms with Crippen LogP contribution < -0.4 is 5.32 Å². The Kier molecular flexibility index (Phi) is 4.12. The van der Waals surface area contributed by atoms with E-state index >= 15 is 0 Å². The smallest absolute Gasteiger partial charge is 0.276 e. The molecule has 0 aliphatic rings. The Balaban J connectivity index is 1.71. The lowest BCUT2D eigenvalue weighted by molar-refractivity contribution is 0.102. The van der Waals surface area contributed by atoms with Gasteiger partial charge in [0.2, 0.25) is 0 Å². The number of halogens is 2. The first-order chi connectivity index (χ1) is 13.0. The van der Waals surface area contributed by atoms with Crippen molar-refractivity contribution in [3.05, 3.63) is 83.7 Å². The van der Waals surface area contributed by atoms with Gasteiger partial charge in [-0.25, -0.2) is 18.3 Å². The molecular formula is C20H14F2N4O. The first-order valence-corrected chi connectivity index (χ1v) is 8.19. The molecule has 0 aliphatic heterocycles. The van der Waals surface area contributed by atoms with Crippen LogP contribution in [0.1, 0.15) is 16.1 Å². The predicted molar refractivity (Wildman–Crippen MR) is 97.5 cm³/mol. The third kappa shape index (κ3) is 3.27. The van der Waals surface area contributed by atoms with Crippen LogP contribution in [0.3, 0.4) is 0 Å². The van der Waals surface area contributed by atoms with E-state index in [-0.39, 0.29) is 11.5 Å². The minimum absolute atomic E-state index is 0.140. The van der Waals surface area contributed by atoms with E-state index in [1.807, 2.05) is 0 Å². The number of fused-ring (bicyclic) bond motifs is 1. The van der Waals surface area contributed by atoms with Crippen molar-refractivity contribution in [2.45, 2.75) is 6.92 Å². The minimum Gasteiger partial charge on any atom is -0.320 e. The number of amides is 1. The molecule has 7 heteroatoms. The summed E-state index contributed by atoms with van der Waals surface area (Å²) in [6, 6.07) is 13.4. The predicted octanol–water partition coefficient (Wildman–Crippen LogP) is 4.24. The number of nitrogens with zero attached hydrogens (tertiary/aromatic N) is 3. The van der Waals surface area contributed by atoms with E-state index in [4.69, 9.17) is 0 Å². The number of hydrogen-bond donors (Lipinski definition) is 1. The molecular weight excluding hydrogens is 350 g/mol. The highest BCUT2D eigenvalue weighted by Crippen LogP contribution is 2.21. The van der Waals surface area contributed by atoms with Crippen molar-refractivity contribution in [1.82, 2.24) is 14.6 Å². The molecule has 1 amide bonds. The van der Waals surface area contributed by atoms with E-state index in [9.17, 15) is 13.6 Å². The summed E-state index contributed by atoms with van der Waals surface area (Å²) in [5.74, 6) is -1.25. The molecule has 0 unspecified atom stereocenters. The van der Waals surface area contributed by atoms with E-state index in [0.29, 0.717) is 17.0 Å². The van der Waals surface area contributed by atoms with Crippen LogP contribution in [0.4, 0.5) is 14.5 Å². The topological polar surface area (TPSA) is 59.3 Å². The van der Waals surface area contributed by atoms with Gasteiger partial charge < -0.3 is 5.32 Å². The molecule has 2 heterocycles. The molecule has 0 radical (unpaired) electrons. The van der Waals surface area contributed by atoms with Crippen LogP contribution in [0.5, 0.6) is 0 Å². The van der Waals surface area contributed by atoms with Gasteiger partial charge in [-0.15, -0.1) is 0 Å². The molecule has 1 N–H and O–H groups in total. The molecule has 0 saturated carbocycles. The van der Waals surface area contributed by atoms with Crippen molar-refractivity contribution in [3.8, 4) is 11.3 Å². The number of hydrogen-bond acceptors (Lipinski definition) is 3. The Morgan fingerprint density at radius 3 is 2.52 bits per heavy atom. The second-order valence-electron chi connectivity index (χ2n) is 6.05. The zero-order valence-corrected chi connectivity index (χ0v) is 14.3. The summed E-state index contributed by atoms with van der Waals surface area (Å²) in [6.45, 7) is 1.77. The van der Waals surface area contributed by atoms with Crippen LogP contribution in [-0.4, -0.2) is 20.5 Å². The van der Waals surface area contributed by atoms with Crippen LogP contribution >= 0.6 is 0 Å². The highest BCUT2D eigenvalue weighted by Gasteiger charge is 2.15. The summed E-state index contributed by atoms with van der Waals surface area (Å²) in [5.41, 5.74) is 3.13. The molecule has 0 fully saturated rings. The van der Waals surface area contributed by atoms with Gasteiger partial charge in [0.15, 0.2) is 11.3 Å². The fraction of sp³-hybridized carbons (Fsp3) is 0.0500. The van der Waals surface area contributed by atoms with Crippen molar-refractivity contribution < 1.29 is 13.6 Å². The molecule has 0 spiro atoms. The quantitative estimate of drug-likeness (QED) is 0.592. The maximum absolute atomic E-state index is 13.4.